The molecule has 1 aromatic rings. The standard InChI is InChI=1S/C16H22N2O3/c1-3-10-17-15(20)12-18(16(21)13(2)19)11-9-14-7-5-4-6-8-14/h4-8H,3,9-12H2,1-2H3,(H,17,20). The summed E-state index contributed by atoms with van der Waals surface area (Å²) < 4.78 is 0. The van der Waals surface area contributed by atoms with E-state index in [1.165, 1.54) is 11.8 Å². The molecule has 0 aliphatic heterocycles. The van der Waals surface area contributed by atoms with Gasteiger partial charge in [0.25, 0.3) is 5.91 Å². The lowest BCUT2D eigenvalue weighted by atomic mass is 10.1. The Kier molecular flexibility index (Phi) is 7.15. The lowest BCUT2D eigenvalue weighted by molar-refractivity contribution is -0.145. The second-order valence-electron chi connectivity index (χ2n) is 4.87. The number of rotatable bonds is 8. The Labute approximate surface area is 125 Å². The largest absolute Gasteiger partial charge is 0.355 e. The van der Waals surface area contributed by atoms with Gasteiger partial charge in [0.2, 0.25) is 11.7 Å². The molecule has 0 aliphatic rings. The van der Waals surface area contributed by atoms with E-state index in [1.807, 2.05) is 37.3 Å². The van der Waals surface area contributed by atoms with Crippen LogP contribution in [0.25, 0.3) is 0 Å². The summed E-state index contributed by atoms with van der Waals surface area (Å²) in [5.41, 5.74) is 1.06. The van der Waals surface area contributed by atoms with Gasteiger partial charge in [0, 0.05) is 20.0 Å². The fourth-order valence-electron chi connectivity index (χ4n) is 1.88. The summed E-state index contributed by atoms with van der Waals surface area (Å²) in [5, 5.41) is 2.71. The number of hydrogen-bond donors (Lipinski definition) is 1. The van der Waals surface area contributed by atoms with E-state index in [1.54, 1.807) is 0 Å². The van der Waals surface area contributed by atoms with Crippen LogP contribution in [0.3, 0.4) is 0 Å². The molecule has 0 spiro atoms. The third-order valence-electron chi connectivity index (χ3n) is 3.01. The molecule has 0 unspecified atom stereocenters. The van der Waals surface area contributed by atoms with E-state index in [4.69, 9.17) is 0 Å². The van der Waals surface area contributed by atoms with Crippen molar-refractivity contribution in [1.82, 2.24) is 10.2 Å². The van der Waals surface area contributed by atoms with Gasteiger partial charge in [-0.2, -0.15) is 0 Å². The van der Waals surface area contributed by atoms with Crippen LogP contribution >= 0.6 is 0 Å². The number of nitrogens with one attached hydrogen (secondary N) is 1. The number of nitrogens with zero attached hydrogens (tertiary/aromatic N) is 1. The van der Waals surface area contributed by atoms with Crippen LogP contribution in [0, 0.1) is 0 Å². The van der Waals surface area contributed by atoms with Crippen LogP contribution in [0.2, 0.25) is 0 Å². The summed E-state index contributed by atoms with van der Waals surface area (Å²) in [6, 6.07) is 9.65. The van der Waals surface area contributed by atoms with Gasteiger partial charge in [-0.25, -0.2) is 0 Å². The topological polar surface area (TPSA) is 66.5 Å². The minimum absolute atomic E-state index is 0.0781. The quantitative estimate of drug-likeness (QED) is 0.731. The van der Waals surface area contributed by atoms with E-state index in [-0.39, 0.29) is 12.5 Å². The van der Waals surface area contributed by atoms with Crippen molar-refractivity contribution in [3.8, 4) is 0 Å². The monoisotopic (exact) mass is 290 g/mol. The van der Waals surface area contributed by atoms with E-state index < -0.39 is 11.7 Å². The van der Waals surface area contributed by atoms with E-state index in [0.717, 1.165) is 12.0 Å². The Hall–Kier alpha value is -2.17. The molecule has 21 heavy (non-hydrogen) atoms. The summed E-state index contributed by atoms with van der Waals surface area (Å²) in [4.78, 5) is 36.2. The Morgan fingerprint density at radius 1 is 1.14 bits per heavy atom. The third-order valence-corrected chi connectivity index (χ3v) is 3.01. The summed E-state index contributed by atoms with van der Waals surface area (Å²) in [6.45, 7) is 4.02. The van der Waals surface area contributed by atoms with Crippen LogP contribution in [0.4, 0.5) is 0 Å². The zero-order chi connectivity index (χ0) is 15.7. The highest BCUT2D eigenvalue weighted by molar-refractivity contribution is 6.35. The average Bonchev–Trinajstić information content (AvgIpc) is 2.49. The molecule has 0 atom stereocenters. The summed E-state index contributed by atoms with van der Waals surface area (Å²) in [7, 11) is 0. The van der Waals surface area contributed by atoms with Gasteiger partial charge in [-0.15, -0.1) is 0 Å². The van der Waals surface area contributed by atoms with Crippen molar-refractivity contribution in [2.75, 3.05) is 19.6 Å². The van der Waals surface area contributed by atoms with Crippen molar-refractivity contribution in [2.24, 2.45) is 0 Å². The molecule has 0 aliphatic carbocycles. The Bertz CT molecular complexity index is 486. The molecule has 5 heteroatoms. The number of Topliss-reactive ketones (excluding diaryl/α,β-unsaturated/α-hetero) is 1. The normalized spacial score (nSPS) is 10.0. The fourth-order valence-corrected chi connectivity index (χ4v) is 1.88. The number of hydrogen-bond acceptors (Lipinski definition) is 3. The molecule has 0 fully saturated rings. The highest BCUT2D eigenvalue weighted by Gasteiger charge is 2.20. The first-order chi connectivity index (χ1) is 10.0. The molecule has 0 heterocycles. The molecule has 2 amide bonds. The molecule has 5 nitrogen and oxygen atoms in total. The first kappa shape index (κ1) is 16.9. The molecule has 0 saturated carbocycles. The van der Waals surface area contributed by atoms with Crippen LogP contribution in [0.1, 0.15) is 25.8 Å². The summed E-state index contributed by atoms with van der Waals surface area (Å²) in [6.07, 6.45) is 1.44. The summed E-state index contributed by atoms with van der Waals surface area (Å²) in [5.74, 6) is -1.40. The smallest absolute Gasteiger partial charge is 0.290 e. The number of carbonyl (C=O) groups is 3. The van der Waals surface area contributed by atoms with Crippen LogP contribution in [-0.4, -0.2) is 42.1 Å². The third kappa shape index (κ3) is 6.21. The predicted molar refractivity (Wildman–Crippen MR) is 80.7 cm³/mol. The average molecular weight is 290 g/mol. The van der Waals surface area contributed by atoms with Crippen molar-refractivity contribution >= 4 is 17.6 Å². The number of ketones is 1. The Morgan fingerprint density at radius 2 is 1.81 bits per heavy atom. The first-order valence-electron chi connectivity index (χ1n) is 7.15. The van der Waals surface area contributed by atoms with Gasteiger partial charge in [0.1, 0.15) is 0 Å². The van der Waals surface area contributed by atoms with Crippen LogP contribution in [0.15, 0.2) is 30.3 Å². The Balaban J connectivity index is 2.62. The maximum Gasteiger partial charge on any atom is 0.290 e. The molecule has 0 aromatic heterocycles. The predicted octanol–water partition coefficient (Wildman–Crippen LogP) is 1.17. The molecule has 0 saturated heterocycles. The molecule has 1 rings (SSSR count). The van der Waals surface area contributed by atoms with Gasteiger partial charge in [0.05, 0.1) is 6.54 Å². The van der Waals surface area contributed by atoms with Crippen molar-refractivity contribution in [3.05, 3.63) is 35.9 Å². The van der Waals surface area contributed by atoms with Crippen LogP contribution in [-0.2, 0) is 20.8 Å². The number of carbonyl (C=O) groups excluding carboxylic acids is 3. The Morgan fingerprint density at radius 3 is 2.38 bits per heavy atom. The lowest BCUT2D eigenvalue weighted by Crippen LogP contribution is -2.44. The molecular formula is C16H22N2O3. The molecule has 0 radical (unpaired) electrons. The highest BCUT2D eigenvalue weighted by Crippen LogP contribution is 2.02. The van der Waals surface area contributed by atoms with Gasteiger partial charge in [-0.3, -0.25) is 14.4 Å². The molecular weight excluding hydrogens is 268 g/mol. The minimum Gasteiger partial charge on any atom is -0.355 e. The SMILES string of the molecule is CCCNC(=O)CN(CCc1ccccc1)C(=O)C(C)=O. The second kappa shape index (κ2) is 8.89. The lowest BCUT2D eigenvalue weighted by Gasteiger charge is -2.21. The van der Waals surface area contributed by atoms with E-state index in [2.05, 4.69) is 5.32 Å². The van der Waals surface area contributed by atoms with Crippen molar-refractivity contribution in [1.29, 1.82) is 0 Å². The van der Waals surface area contributed by atoms with Crippen molar-refractivity contribution < 1.29 is 14.4 Å². The van der Waals surface area contributed by atoms with E-state index in [0.29, 0.717) is 19.5 Å². The maximum atomic E-state index is 11.9. The minimum atomic E-state index is -0.613. The van der Waals surface area contributed by atoms with Gasteiger partial charge in [0.15, 0.2) is 0 Å². The first-order valence-corrected chi connectivity index (χ1v) is 7.15. The highest BCUT2D eigenvalue weighted by atomic mass is 16.2. The van der Waals surface area contributed by atoms with E-state index in [9.17, 15) is 14.4 Å². The maximum absolute atomic E-state index is 11.9. The zero-order valence-electron chi connectivity index (χ0n) is 12.6. The molecule has 1 N–H and O–H groups in total. The fraction of sp³-hybridized carbons (Fsp3) is 0.438. The molecule has 114 valence electrons. The summed E-state index contributed by atoms with van der Waals surface area (Å²) >= 11 is 0. The van der Waals surface area contributed by atoms with Gasteiger partial charge >= 0.3 is 0 Å². The number of benzene rings is 1. The van der Waals surface area contributed by atoms with Crippen molar-refractivity contribution in [3.63, 3.8) is 0 Å². The van der Waals surface area contributed by atoms with Gasteiger partial charge in [-0.1, -0.05) is 37.3 Å². The molecule has 1 aromatic carbocycles. The molecule has 0 bridgehead atoms. The van der Waals surface area contributed by atoms with Gasteiger partial charge < -0.3 is 10.2 Å². The van der Waals surface area contributed by atoms with E-state index >= 15 is 0 Å². The van der Waals surface area contributed by atoms with Gasteiger partial charge in [-0.05, 0) is 18.4 Å². The zero-order valence-corrected chi connectivity index (χ0v) is 12.6. The van der Waals surface area contributed by atoms with Crippen LogP contribution in [0.5, 0.6) is 0 Å². The van der Waals surface area contributed by atoms with Crippen molar-refractivity contribution in [2.45, 2.75) is 26.7 Å². The van der Waals surface area contributed by atoms with Crippen LogP contribution < -0.4 is 5.32 Å². The second-order valence-corrected chi connectivity index (χ2v) is 4.87. The number of amides is 2.